The predicted octanol–water partition coefficient (Wildman–Crippen LogP) is 14.2. The summed E-state index contributed by atoms with van der Waals surface area (Å²) in [5.41, 5.74) is 8.60. The Morgan fingerprint density at radius 1 is 0.271 bits per heavy atom. The minimum absolute atomic E-state index is 0.620. The molecule has 0 N–H and O–H groups in total. The van der Waals surface area contributed by atoms with Gasteiger partial charge in [0.25, 0.3) is 0 Å². The van der Waals surface area contributed by atoms with Gasteiger partial charge in [0.05, 0.1) is 16.7 Å². The minimum atomic E-state index is 0.620. The van der Waals surface area contributed by atoms with Gasteiger partial charge in [0, 0.05) is 32.8 Å². The summed E-state index contributed by atoms with van der Waals surface area (Å²) >= 11 is 0. The van der Waals surface area contributed by atoms with Gasteiger partial charge in [-0.05, 0) is 91.3 Å². The van der Waals surface area contributed by atoms with Crippen molar-refractivity contribution in [3.05, 3.63) is 206 Å². The first-order chi connectivity index (χ1) is 29.2. The fourth-order valence-electron chi connectivity index (χ4n) is 8.98. The van der Waals surface area contributed by atoms with Gasteiger partial charge in [0.2, 0.25) is 0 Å². The molecule has 4 heteroatoms. The molecule has 59 heavy (non-hydrogen) atoms. The van der Waals surface area contributed by atoms with Crippen molar-refractivity contribution in [2.75, 3.05) is 0 Å². The zero-order valence-electron chi connectivity index (χ0n) is 31.9. The summed E-state index contributed by atoms with van der Waals surface area (Å²) < 4.78 is 2.39. The van der Waals surface area contributed by atoms with E-state index in [1.54, 1.807) is 0 Å². The third-order valence-corrected chi connectivity index (χ3v) is 11.8. The first-order valence-corrected chi connectivity index (χ1v) is 20.0. The Balaban J connectivity index is 1.11. The van der Waals surface area contributed by atoms with E-state index in [9.17, 15) is 0 Å². The fourth-order valence-corrected chi connectivity index (χ4v) is 8.98. The summed E-state index contributed by atoms with van der Waals surface area (Å²) in [6, 6.07) is 73.5. The van der Waals surface area contributed by atoms with E-state index in [2.05, 4.69) is 211 Å². The van der Waals surface area contributed by atoms with Crippen LogP contribution in [0.1, 0.15) is 0 Å². The Kier molecular flexibility index (Phi) is 7.50. The van der Waals surface area contributed by atoms with Gasteiger partial charge in [-0.3, -0.25) is 0 Å². The first kappa shape index (κ1) is 33.2. The van der Waals surface area contributed by atoms with Crippen LogP contribution in [-0.4, -0.2) is 19.5 Å². The number of nitrogens with zero attached hydrogens (tertiary/aromatic N) is 4. The number of hydrogen-bond donors (Lipinski definition) is 0. The topological polar surface area (TPSA) is 43.6 Å². The number of aromatic nitrogens is 4. The predicted molar refractivity (Wildman–Crippen MR) is 246 cm³/mol. The van der Waals surface area contributed by atoms with Crippen LogP contribution < -0.4 is 0 Å². The van der Waals surface area contributed by atoms with E-state index in [1.807, 2.05) is 0 Å². The van der Waals surface area contributed by atoms with Crippen molar-refractivity contribution in [2.45, 2.75) is 0 Å². The molecule has 0 spiro atoms. The summed E-state index contributed by atoms with van der Waals surface area (Å²) in [5.74, 6) is 1.88. The molecule has 0 aliphatic heterocycles. The van der Waals surface area contributed by atoms with Crippen LogP contribution in [0.5, 0.6) is 0 Å². The monoisotopic (exact) mass is 750 g/mol. The highest BCUT2D eigenvalue weighted by atomic mass is 15.0. The van der Waals surface area contributed by atoms with Crippen LogP contribution >= 0.6 is 0 Å². The van der Waals surface area contributed by atoms with E-state index in [0.29, 0.717) is 17.5 Å². The second-order valence-corrected chi connectivity index (χ2v) is 15.2. The lowest BCUT2D eigenvalue weighted by Gasteiger charge is -2.15. The van der Waals surface area contributed by atoms with Crippen LogP contribution in [0.4, 0.5) is 0 Å². The number of fused-ring (bicyclic) bond motifs is 8. The summed E-state index contributed by atoms with van der Waals surface area (Å²) in [6.07, 6.45) is 0. The molecular weight excluding hydrogens is 717 g/mol. The maximum absolute atomic E-state index is 5.39. The number of benzene rings is 10. The van der Waals surface area contributed by atoms with Crippen molar-refractivity contribution in [1.29, 1.82) is 0 Å². The van der Waals surface area contributed by atoms with Gasteiger partial charge in [-0.25, -0.2) is 15.0 Å². The molecule has 0 atom stereocenters. The Bertz CT molecular complexity index is 3570. The van der Waals surface area contributed by atoms with E-state index in [4.69, 9.17) is 15.0 Å². The van der Waals surface area contributed by atoms with Crippen LogP contribution in [0.25, 0.3) is 116 Å². The lowest BCUT2D eigenvalue weighted by atomic mass is 9.96. The SMILES string of the molecule is c1ccc(-c2ccc3cc(-c4nc(-c5cc(-n6c7ccccc7c7ccccc76)c6ccccc6c5)nc(-c5cc6ccccc6c6ccccc56)n4)ccc3c2)cc1. The highest BCUT2D eigenvalue weighted by molar-refractivity contribution is 6.14. The number of rotatable bonds is 5. The molecule has 12 rings (SSSR count). The van der Waals surface area contributed by atoms with E-state index in [0.717, 1.165) is 65.7 Å². The molecule has 2 aromatic heterocycles. The molecule has 0 aliphatic rings. The standard InChI is InChI=1S/C55H34N4/c1-2-14-35(15-3-1)36-26-27-38-31-41(29-28-37(38)30-36)53-56-54(58-55(57-53)49-33-40-17-4-6-18-43(40)45-20-8-9-21-46(45)49)42-32-39-16-5-7-19-44(39)52(34-42)59-50-24-12-10-22-47(50)48-23-11-13-25-51(48)59/h1-34H. The van der Waals surface area contributed by atoms with Crippen molar-refractivity contribution in [2.24, 2.45) is 0 Å². The number of para-hydroxylation sites is 2. The third-order valence-electron chi connectivity index (χ3n) is 11.8. The van der Waals surface area contributed by atoms with Gasteiger partial charge in [0.1, 0.15) is 0 Å². The summed E-state index contributed by atoms with van der Waals surface area (Å²) in [6.45, 7) is 0. The summed E-state index contributed by atoms with van der Waals surface area (Å²) in [4.78, 5) is 16.0. The Hall–Kier alpha value is -7.95. The molecule has 274 valence electrons. The normalized spacial score (nSPS) is 11.7. The lowest BCUT2D eigenvalue weighted by molar-refractivity contribution is 1.08. The molecule has 0 saturated heterocycles. The van der Waals surface area contributed by atoms with E-state index in [1.165, 1.54) is 32.7 Å². The van der Waals surface area contributed by atoms with Crippen molar-refractivity contribution >= 4 is 64.9 Å². The summed E-state index contributed by atoms with van der Waals surface area (Å²) in [5, 5.41) is 11.6. The van der Waals surface area contributed by atoms with Crippen LogP contribution in [0.2, 0.25) is 0 Å². The quantitative estimate of drug-likeness (QED) is 0.165. The third kappa shape index (κ3) is 5.49. The molecule has 0 radical (unpaired) electrons. The first-order valence-electron chi connectivity index (χ1n) is 20.0. The Morgan fingerprint density at radius 2 is 0.763 bits per heavy atom. The zero-order valence-corrected chi connectivity index (χ0v) is 31.9. The van der Waals surface area contributed by atoms with Crippen molar-refractivity contribution in [3.8, 4) is 51.0 Å². The maximum atomic E-state index is 5.39. The smallest absolute Gasteiger partial charge is 0.164 e. The largest absolute Gasteiger partial charge is 0.309 e. The molecule has 0 bridgehead atoms. The molecule has 0 amide bonds. The number of hydrogen-bond acceptors (Lipinski definition) is 3. The highest BCUT2D eigenvalue weighted by Gasteiger charge is 2.20. The molecule has 10 aromatic carbocycles. The maximum Gasteiger partial charge on any atom is 0.164 e. The molecule has 0 aliphatic carbocycles. The average Bonchev–Trinajstić information content (AvgIpc) is 3.65. The van der Waals surface area contributed by atoms with Crippen LogP contribution in [0.15, 0.2) is 206 Å². The van der Waals surface area contributed by atoms with Gasteiger partial charge in [-0.15, -0.1) is 0 Å². The Morgan fingerprint density at radius 3 is 1.47 bits per heavy atom. The molecular formula is C55H34N4. The van der Waals surface area contributed by atoms with Gasteiger partial charge >= 0.3 is 0 Å². The zero-order chi connectivity index (χ0) is 38.9. The molecule has 4 nitrogen and oxygen atoms in total. The van der Waals surface area contributed by atoms with Crippen LogP contribution in [0.3, 0.4) is 0 Å². The highest BCUT2D eigenvalue weighted by Crippen LogP contribution is 2.39. The second-order valence-electron chi connectivity index (χ2n) is 15.2. The van der Waals surface area contributed by atoms with E-state index in [-0.39, 0.29) is 0 Å². The van der Waals surface area contributed by atoms with Gasteiger partial charge in [-0.1, -0.05) is 164 Å². The van der Waals surface area contributed by atoms with Gasteiger partial charge < -0.3 is 4.57 Å². The average molecular weight is 751 g/mol. The van der Waals surface area contributed by atoms with Crippen molar-refractivity contribution in [3.63, 3.8) is 0 Å². The summed E-state index contributed by atoms with van der Waals surface area (Å²) in [7, 11) is 0. The molecule has 0 saturated carbocycles. The van der Waals surface area contributed by atoms with E-state index < -0.39 is 0 Å². The van der Waals surface area contributed by atoms with Crippen LogP contribution in [0, 0.1) is 0 Å². The molecule has 0 unspecified atom stereocenters. The Labute approximate surface area is 340 Å². The van der Waals surface area contributed by atoms with Gasteiger partial charge in [-0.2, -0.15) is 0 Å². The molecule has 2 heterocycles. The minimum Gasteiger partial charge on any atom is -0.309 e. The van der Waals surface area contributed by atoms with Crippen molar-refractivity contribution < 1.29 is 0 Å². The van der Waals surface area contributed by atoms with E-state index >= 15 is 0 Å². The van der Waals surface area contributed by atoms with Crippen LogP contribution in [-0.2, 0) is 0 Å². The van der Waals surface area contributed by atoms with Gasteiger partial charge in [0.15, 0.2) is 17.5 Å². The second kappa shape index (κ2) is 13.3. The lowest BCUT2D eigenvalue weighted by Crippen LogP contribution is -2.02. The molecule has 0 fully saturated rings. The molecule has 12 aromatic rings. The van der Waals surface area contributed by atoms with Crippen molar-refractivity contribution in [1.82, 2.24) is 19.5 Å². The fraction of sp³-hybridized carbons (Fsp3) is 0.